The summed E-state index contributed by atoms with van der Waals surface area (Å²) in [4.78, 5) is 30.8. The van der Waals surface area contributed by atoms with Gasteiger partial charge in [-0.25, -0.2) is 4.98 Å². The Labute approximate surface area is 167 Å². The van der Waals surface area contributed by atoms with Crippen LogP contribution in [-0.2, 0) is 9.53 Å². The van der Waals surface area contributed by atoms with Crippen molar-refractivity contribution in [3.63, 3.8) is 0 Å². The molecular formula is C22H23N3O4. The molecule has 1 aromatic carbocycles. The standard InChI is InChI=1S/C22H23N3O4/c1-3-28-13(2)19-12-24-21(27)18-10-14-6-8-23-22(16(14)11-17(18)19)29-9-7-15-4-5-20(26)25-15/h6,8,10-12,15H,2-5,7,9H2,1H3,(H,24,27)(H,25,26)/t15-/m0/s1. The Morgan fingerprint density at radius 1 is 1.28 bits per heavy atom. The van der Waals surface area contributed by atoms with Gasteiger partial charge in [-0.2, -0.15) is 0 Å². The van der Waals surface area contributed by atoms with Crippen molar-refractivity contribution in [3.8, 4) is 5.88 Å². The summed E-state index contributed by atoms with van der Waals surface area (Å²) in [5.74, 6) is 1.09. The number of ether oxygens (including phenoxy) is 2. The molecule has 4 rings (SSSR count). The SMILES string of the molecule is C=C(OCC)c1c[nH]c(=O)c2cc3ccnc(OCC[C@@H]4CCC(=O)N4)c3cc12. The normalized spacial score (nSPS) is 16.2. The first-order valence-electron chi connectivity index (χ1n) is 9.75. The molecule has 1 aliphatic rings. The summed E-state index contributed by atoms with van der Waals surface area (Å²) in [5, 5.41) is 5.91. The summed E-state index contributed by atoms with van der Waals surface area (Å²) in [5.41, 5.74) is 0.554. The Hall–Kier alpha value is -3.35. The van der Waals surface area contributed by atoms with E-state index in [0.29, 0.717) is 36.7 Å². The Balaban J connectivity index is 1.69. The lowest BCUT2D eigenvalue weighted by atomic mass is 10.0. The van der Waals surface area contributed by atoms with Gasteiger partial charge in [0.05, 0.1) is 13.2 Å². The number of rotatable bonds is 7. The van der Waals surface area contributed by atoms with Crippen LogP contribution in [0.15, 0.2) is 42.0 Å². The Bertz CT molecular complexity index is 1150. The lowest BCUT2D eigenvalue weighted by Crippen LogP contribution is -2.26. The summed E-state index contributed by atoms with van der Waals surface area (Å²) < 4.78 is 11.5. The van der Waals surface area contributed by atoms with Crippen LogP contribution in [0, 0.1) is 0 Å². The molecule has 1 amide bonds. The molecule has 0 saturated carbocycles. The van der Waals surface area contributed by atoms with Crippen molar-refractivity contribution in [2.75, 3.05) is 13.2 Å². The van der Waals surface area contributed by atoms with Crippen LogP contribution in [-0.4, -0.2) is 35.1 Å². The number of carbonyl (C=O) groups is 1. The number of hydrogen-bond acceptors (Lipinski definition) is 5. The smallest absolute Gasteiger partial charge is 0.255 e. The van der Waals surface area contributed by atoms with Crippen LogP contribution in [0.1, 0.15) is 31.7 Å². The molecule has 0 radical (unpaired) electrons. The van der Waals surface area contributed by atoms with Crippen LogP contribution >= 0.6 is 0 Å². The van der Waals surface area contributed by atoms with Gasteiger partial charge in [-0.15, -0.1) is 0 Å². The van der Waals surface area contributed by atoms with Crippen LogP contribution < -0.4 is 15.6 Å². The molecule has 2 aromatic heterocycles. The minimum Gasteiger partial charge on any atom is -0.494 e. The van der Waals surface area contributed by atoms with Gasteiger partial charge < -0.3 is 19.8 Å². The molecule has 7 heteroatoms. The molecule has 7 nitrogen and oxygen atoms in total. The zero-order valence-electron chi connectivity index (χ0n) is 16.3. The second kappa shape index (κ2) is 7.95. The molecule has 2 N–H and O–H groups in total. The van der Waals surface area contributed by atoms with Crippen LogP contribution in [0.25, 0.3) is 27.3 Å². The van der Waals surface area contributed by atoms with E-state index in [1.807, 2.05) is 25.1 Å². The van der Waals surface area contributed by atoms with E-state index >= 15 is 0 Å². The van der Waals surface area contributed by atoms with E-state index in [0.717, 1.165) is 34.6 Å². The van der Waals surface area contributed by atoms with Gasteiger partial charge in [0.15, 0.2) is 0 Å². The molecule has 3 heterocycles. The first-order chi connectivity index (χ1) is 14.1. The average molecular weight is 393 g/mol. The predicted octanol–water partition coefficient (Wildman–Crippen LogP) is 3.13. The number of fused-ring (bicyclic) bond motifs is 2. The van der Waals surface area contributed by atoms with Crippen molar-refractivity contribution < 1.29 is 14.3 Å². The summed E-state index contributed by atoms with van der Waals surface area (Å²) >= 11 is 0. The number of nitrogens with zero attached hydrogens (tertiary/aromatic N) is 1. The van der Waals surface area contributed by atoms with E-state index in [2.05, 4.69) is 21.9 Å². The van der Waals surface area contributed by atoms with Gasteiger partial charge in [0.2, 0.25) is 11.8 Å². The maximum atomic E-state index is 12.4. The lowest BCUT2D eigenvalue weighted by molar-refractivity contribution is -0.119. The van der Waals surface area contributed by atoms with Gasteiger partial charge in [0.1, 0.15) is 5.76 Å². The number of hydrogen-bond donors (Lipinski definition) is 2. The fraction of sp³-hybridized carbons (Fsp3) is 0.318. The first-order valence-corrected chi connectivity index (χ1v) is 9.75. The van der Waals surface area contributed by atoms with Gasteiger partial charge in [0, 0.05) is 53.0 Å². The Kier molecular flexibility index (Phi) is 5.20. The molecule has 0 bridgehead atoms. The van der Waals surface area contributed by atoms with Crippen molar-refractivity contribution in [2.24, 2.45) is 0 Å². The fourth-order valence-corrected chi connectivity index (χ4v) is 3.69. The number of H-pyrrole nitrogens is 1. The first kappa shape index (κ1) is 19.0. The molecule has 1 aliphatic heterocycles. The second-order valence-electron chi connectivity index (χ2n) is 7.06. The minimum absolute atomic E-state index is 0.0945. The zero-order valence-corrected chi connectivity index (χ0v) is 16.3. The minimum atomic E-state index is -0.175. The van der Waals surface area contributed by atoms with E-state index in [9.17, 15) is 9.59 Å². The van der Waals surface area contributed by atoms with Crippen molar-refractivity contribution in [1.29, 1.82) is 0 Å². The van der Waals surface area contributed by atoms with E-state index in [4.69, 9.17) is 9.47 Å². The number of aromatic amines is 1. The molecule has 0 spiro atoms. The molecule has 1 atom stereocenters. The number of amides is 1. The monoisotopic (exact) mass is 393 g/mol. The molecule has 1 fully saturated rings. The summed E-state index contributed by atoms with van der Waals surface area (Å²) in [6, 6.07) is 5.73. The highest BCUT2D eigenvalue weighted by Gasteiger charge is 2.20. The van der Waals surface area contributed by atoms with E-state index in [1.165, 1.54) is 0 Å². The largest absolute Gasteiger partial charge is 0.494 e. The van der Waals surface area contributed by atoms with Gasteiger partial charge >= 0.3 is 0 Å². The molecule has 0 unspecified atom stereocenters. The van der Waals surface area contributed by atoms with E-state index in [1.54, 1.807) is 12.4 Å². The van der Waals surface area contributed by atoms with Gasteiger partial charge in [0.25, 0.3) is 5.56 Å². The molecule has 0 aliphatic carbocycles. The number of benzene rings is 1. The maximum absolute atomic E-state index is 12.4. The van der Waals surface area contributed by atoms with Gasteiger partial charge in [-0.1, -0.05) is 6.58 Å². The third kappa shape index (κ3) is 3.81. The molecule has 1 saturated heterocycles. The molecular weight excluding hydrogens is 370 g/mol. The van der Waals surface area contributed by atoms with Gasteiger partial charge in [-0.3, -0.25) is 9.59 Å². The van der Waals surface area contributed by atoms with Gasteiger partial charge in [-0.05, 0) is 36.9 Å². The summed E-state index contributed by atoms with van der Waals surface area (Å²) in [7, 11) is 0. The zero-order chi connectivity index (χ0) is 20.4. The molecule has 150 valence electrons. The summed E-state index contributed by atoms with van der Waals surface area (Å²) in [6.45, 7) is 6.79. The number of nitrogens with one attached hydrogen (secondary N) is 2. The van der Waals surface area contributed by atoms with Crippen molar-refractivity contribution in [2.45, 2.75) is 32.2 Å². The van der Waals surface area contributed by atoms with Crippen molar-refractivity contribution >= 4 is 33.2 Å². The highest BCUT2D eigenvalue weighted by atomic mass is 16.5. The Morgan fingerprint density at radius 2 is 2.14 bits per heavy atom. The highest BCUT2D eigenvalue weighted by Crippen LogP contribution is 2.30. The van der Waals surface area contributed by atoms with Crippen LogP contribution in [0.2, 0.25) is 0 Å². The van der Waals surface area contributed by atoms with Crippen molar-refractivity contribution in [3.05, 3.63) is 53.1 Å². The van der Waals surface area contributed by atoms with Crippen LogP contribution in [0.5, 0.6) is 5.88 Å². The number of carbonyl (C=O) groups excluding carboxylic acids is 1. The van der Waals surface area contributed by atoms with Crippen LogP contribution in [0.3, 0.4) is 0 Å². The van der Waals surface area contributed by atoms with Crippen LogP contribution in [0.4, 0.5) is 0 Å². The maximum Gasteiger partial charge on any atom is 0.255 e. The van der Waals surface area contributed by atoms with E-state index < -0.39 is 0 Å². The third-order valence-corrected chi connectivity index (χ3v) is 5.16. The molecule has 29 heavy (non-hydrogen) atoms. The highest BCUT2D eigenvalue weighted by molar-refractivity contribution is 6.03. The Morgan fingerprint density at radius 3 is 2.90 bits per heavy atom. The number of pyridine rings is 2. The van der Waals surface area contributed by atoms with Crippen molar-refractivity contribution in [1.82, 2.24) is 15.3 Å². The summed E-state index contributed by atoms with van der Waals surface area (Å²) in [6.07, 6.45) is 5.42. The molecule has 3 aromatic rings. The second-order valence-corrected chi connectivity index (χ2v) is 7.06. The quantitative estimate of drug-likeness (QED) is 0.475. The average Bonchev–Trinajstić information content (AvgIpc) is 3.12. The number of aromatic nitrogens is 2. The van der Waals surface area contributed by atoms with E-state index in [-0.39, 0.29) is 17.5 Å². The lowest BCUT2D eigenvalue weighted by Gasteiger charge is -2.14. The fourth-order valence-electron chi connectivity index (χ4n) is 3.69. The predicted molar refractivity (Wildman–Crippen MR) is 112 cm³/mol. The third-order valence-electron chi connectivity index (χ3n) is 5.16. The topological polar surface area (TPSA) is 93.3 Å².